The fourth-order valence-corrected chi connectivity index (χ4v) is 2.59. The minimum atomic E-state index is -0.176. The Morgan fingerprint density at radius 3 is 2.31 bits per heavy atom. The van der Waals surface area contributed by atoms with E-state index < -0.39 is 0 Å². The van der Waals surface area contributed by atoms with Gasteiger partial charge in [0.15, 0.2) is 6.61 Å². The van der Waals surface area contributed by atoms with Crippen LogP contribution in [-0.2, 0) is 11.2 Å². The molecule has 0 saturated heterocycles. The second-order valence-corrected chi connectivity index (χ2v) is 6.31. The topological polar surface area (TPSA) is 51.2 Å². The number of ether oxygens (including phenoxy) is 1. The van der Waals surface area contributed by atoms with Gasteiger partial charge in [-0.15, -0.1) is 0 Å². The van der Waals surface area contributed by atoms with Gasteiger partial charge < -0.3 is 10.1 Å². The van der Waals surface area contributed by atoms with Crippen molar-refractivity contribution < 1.29 is 9.53 Å². The van der Waals surface area contributed by atoms with E-state index >= 15 is 0 Å². The molecule has 0 atom stereocenters. The van der Waals surface area contributed by atoms with E-state index in [1.807, 2.05) is 68.4 Å². The van der Waals surface area contributed by atoms with Crippen LogP contribution in [0.4, 0.5) is 5.69 Å². The van der Waals surface area contributed by atoms with Crippen molar-refractivity contribution in [2.24, 2.45) is 0 Å². The summed E-state index contributed by atoms with van der Waals surface area (Å²) in [7, 11) is 0. The summed E-state index contributed by atoms with van der Waals surface area (Å²) in [6.45, 7) is 4.06. The van der Waals surface area contributed by atoms with E-state index in [4.69, 9.17) is 4.74 Å². The zero-order chi connectivity index (χ0) is 18.4. The molecule has 3 aromatic rings. The van der Waals surface area contributed by atoms with Crippen molar-refractivity contribution in [2.75, 3.05) is 11.9 Å². The zero-order valence-corrected chi connectivity index (χ0v) is 15.0. The highest BCUT2D eigenvalue weighted by Crippen LogP contribution is 2.17. The summed E-state index contributed by atoms with van der Waals surface area (Å²) >= 11 is 0. The fourth-order valence-electron chi connectivity index (χ4n) is 2.59. The Morgan fingerprint density at radius 2 is 1.62 bits per heavy atom. The third kappa shape index (κ3) is 4.93. The molecular weight excluding hydrogens is 324 g/mol. The number of aryl methyl sites for hydroxylation is 2. The highest BCUT2D eigenvalue weighted by Gasteiger charge is 2.05. The van der Waals surface area contributed by atoms with Gasteiger partial charge in [-0.05, 0) is 78.9 Å². The van der Waals surface area contributed by atoms with Gasteiger partial charge in [0.1, 0.15) is 5.75 Å². The lowest BCUT2D eigenvalue weighted by atomic mass is 10.1. The van der Waals surface area contributed by atoms with Crippen LogP contribution < -0.4 is 10.1 Å². The van der Waals surface area contributed by atoms with Crippen LogP contribution >= 0.6 is 0 Å². The number of carbonyl (C=O) groups is 1. The molecule has 0 radical (unpaired) electrons. The molecule has 1 heterocycles. The summed E-state index contributed by atoms with van der Waals surface area (Å²) < 4.78 is 5.56. The predicted molar refractivity (Wildman–Crippen MR) is 104 cm³/mol. The fraction of sp³-hybridized carbons (Fsp3) is 0.182. The van der Waals surface area contributed by atoms with Crippen molar-refractivity contribution in [3.63, 3.8) is 0 Å². The molecule has 2 aromatic carbocycles. The van der Waals surface area contributed by atoms with Crippen molar-refractivity contribution in [3.8, 4) is 5.75 Å². The van der Waals surface area contributed by atoms with Crippen molar-refractivity contribution in [1.82, 2.24) is 4.98 Å². The molecule has 0 bridgehead atoms. The highest BCUT2D eigenvalue weighted by molar-refractivity contribution is 5.91. The van der Waals surface area contributed by atoms with Crippen LogP contribution in [0.5, 0.6) is 5.75 Å². The molecule has 0 fully saturated rings. The molecule has 0 saturated carbocycles. The lowest BCUT2D eigenvalue weighted by molar-refractivity contribution is -0.118. The van der Waals surface area contributed by atoms with Gasteiger partial charge in [-0.2, -0.15) is 0 Å². The summed E-state index contributed by atoms with van der Waals surface area (Å²) in [5, 5.41) is 2.86. The lowest BCUT2D eigenvalue weighted by Crippen LogP contribution is -2.20. The molecule has 1 aromatic heterocycles. The van der Waals surface area contributed by atoms with Crippen molar-refractivity contribution >= 4 is 11.6 Å². The normalized spacial score (nSPS) is 10.4. The molecule has 0 spiro atoms. The number of anilines is 1. The predicted octanol–water partition coefficient (Wildman–Crippen LogP) is 4.31. The molecule has 26 heavy (non-hydrogen) atoms. The first-order chi connectivity index (χ1) is 12.6. The van der Waals surface area contributed by atoms with Crippen molar-refractivity contribution in [1.29, 1.82) is 0 Å². The first kappa shape index (κ1) is 17.7. The van der Waals surface area contributed by atoms with Crippen LogP contribution in [-0.4, -0.2) is 17.5 Å². The summed E-state index contributed by atoms with van der Waals surface area (Å²) in [5.74, 6) is 0.529. The van der Waals surface area contributed by atoms with Gasteiger partial charge in [-0.1, -0.05) is 18.2 Å². The summed E-state index contributed by atoms with van der Waals surface area (Å²) in [6.07, 6.45) is 4.42. The second-order valence-electron chi connectivity index (χ2n) is 6.31. The van der Waals surface area contributed by atoms with Crippen LogP contribution in [0.2, 0.25) is 0 Å². The Bertz CT molecular complexity index is 874. The smallest absolute Gasteiger partial charge is 0.262 e. The Morgan fingerprint density at radius 1 is 0.923 bits per heavy atom. The van der Waals surface area contributed by atoms with Gasteiger partial charge in [0.05, 0.1) is 0 Å². The van der Waals surface area contributed by atoms with Gasteiger partial charge in [0.2, 0.25) is 0 Å². The standard InChI is InChI=1S/C22H22N2O2/c1-16-3-8-21(13-17(16)2)26-15-22(25)24-20-6-4-18(5-7-20)14-19-9-11-23-12-10-19/h3-13H,14-15H2,1-2H3,(H,24,25). The molecule has 0 aliphatic heterocycles. The minimum absolute atomic E-state index is 0.0126. The molecular formula is C22H22N2O2. The van der Waals surface area contributed by atoms with Gasteiger partial charge in [0.25, 0.3) is 5.91 Å². The number of hydrogen-bond donors (Lipinski definition) is 1. The molecule has 0 aliphatic carbocycles. The maximum absolute atomic E-state index is 12.1. The Hall–Kier alpha value is -3.14. The summed E-state index contributed by atoms with van der Waals surface area (Å²) in [4.78, 5) is 16.1. The monoisotopic (exact) mass is 346 g/mol. The van der Waals surface area contributed by atoms with Crippen molar-refractivity contribution in [2.45, 2.75) is 20.3 Å². The number of rotatable bonds is 6. The van der Waals surface area contributed by atoms with Crippen LogP contribution in [0.1, 0.15) is 22.3 Å². The second kappa shape index (κ2) is 8.30. The molecule has 0 aliphatic rings. The third-order valence-electron chi connectivity index (χ3n) is 4.24. The van der Waals surface area contributed by atoms with Crippen LogP contribution in [0.15, 0.2) is 67.0 Å². The van der Waals surface area contributed by atoms with Gasteiger partial charge in [-0.3, -0.25) is 9.78 Å². The van der Waals surface area contributed by atoms with Crippen LogP contribution in [0.3, 0.4) is 0 Å². The van der Waals surface area contributed by atoms with E-state index in [1.165, 1.54) is 16.7 Å². The minimum Gasteiger partial charge on any atom is -0.484 e. The SMILES string of the molecule is Cc1ccc(OCC(=O)Nc2ccc(Cc3ccncc3)cc2)cc1C. The summed E-state index contributed by atoms with van der Waals surface area (Å²) in [5.41, 5.74) is 5.50. The Labute approximate surface area is 153 Å². The number of nitrogens with one attached hydrogen (secondary N) is 1. The number of benzene rings is 2. The van der Waals surface area contributed by atoms with E-state index in [9.17, 15) is 4.79 Å². The van der Waals surface area contributed by atoms with Gasteiger partial charge >= 0.3 is 0 Å². The maximum atomic E-state index is 12.1. The van der Waals surface area contributed by atoms with Crippen molar-refractivity contribution in [3.05, 3.63) is 89.2 Å². The molecule has 1 amide bonds. The van der Waals surface area contributed by atoms with Crippen LogP contribution in [0.25, 0.3) is 0 Å². The first-order valence-electron chi connectivity index (χ1n) is 8.58. The quantitative estimate of drug-likeness (QED) is 0.724. The largest absolute Gasteiger partial charge is 0.484 e. The molecule has 1 N–H and O–H groups in total. The van der Waals surface area contributed by atoms with E-state index in [2.05, 4.69) is 10.3 Å². The number of aromatic nitrogens is 1. The number of pyridine rings is 1. The van der Waals surface area contributed by atoms with E-state index in [1.54, 1.807) is 12.4 Å². The average Bonchev–Trinajstić information content (AvgIpc) is 2.65. The van der Waals surface area contributed by atoms with Gasteiger partial charge in [-0.25, -0.2) is 0 Å². The molecule has 132 valence electrons. The first-order valence-corrected chi connectivity index (χ1v) is 8.58. The average molecular weight is 346 g/mol. The number of hydrogen-bond acceptors (Lipinski definition) is 3. The number of carbonyl (C=O) groups excluding carboxylic acids is 1. The molecule has 3 rings (SSSR count). The third-order valence-corrected chi connectivity index (χ3v) is 4.24. The Balaban J connectivity index is 1.51. The summed E-state index contributed by atoms with van der Waals surface area (Å²) in [6, 6.07) is 17.7. The van der Waals surface area contributed by atoms with E-state index in [-0.39, 0.29) is 12.5 Å². The van der Waals surface area contributed by atoms with Crippen LogP contribution in [0, 0.1) is 13.8 Å². The molecule has 0 unspecified atom stereocenters. The highest BCUT2D eigenvalue weighted by atomic mass is 16.5. The number of nitrogens with zero attached hydrogens (tertiary/aromatic N) is 1. The van der Waals surface area contributed by atoms with Gasteiger partial charge in [0, 0.05) is 18.1 Å². The lowest BCUT2D eigenvalue weighted by Gasteiger charge is -2.09. The van der Waals surface area contributed by atoms with E-state index in [0.717, 1.165) is 17.7 Å². The zero-order valence-electron chi connectivity index (χ0n) is 15.0. The Kier molecular flexibility index (Phi) is 5.64. The van der Waals surface area contributed by atoms with E-state index in [0.29, 0.717) is 5.75 Å². The maximum Gasteiger partial charge on any atom is 0.262 e. The molecule has 4 heteroatoms. The molecule has 4 nitrogen and oxygen atoms in total. The number of amides is 1.